The molecule has 0 N–H and O–H groups in total. The smallest absolute Gasteiger partial charge is 0.258 e. The van der Waals surface area contributed by atoms with Gasteiger partial charge in [-0.3, -0.25) is 4.98 Å². The van der Waals surface area contributed by atoms with Crippen molar-refractivity contribution in [3.63, 3.8) is 0 Å². The van der Waals surface area contributed by atoms with Gasteiger partial charge in [-0.15, -0.1) is 0 Å². The predicted molar refractivity (Wildman–Crippen MR) is 77.7 cm³/mol. The average Bonchev–Trinajstić information content (AvgIpc) is 2.97. The number of pyridine rings is 1. The van der Waals surface area contributed by atoms with E-state index in [2.05, 4.69) is 15.1 Å². The van der Waals surface area contributed by atoms with Crippen LogP contribution in [-0.4, -0.2) is 15.1 Å². The fourth-order valence-electron chi connectivity index (χ4n) is 1.73. The Morgan fingerprint density at radius 1 is 1.10 bits per heavy atom. The van der Waals surface area contributed by atoms with E-state index in [4.69, 9.17) is 33.0 Å². The molecule has 0 aliphatic heterocycles. The highest BCUT2D eigenvalue weighted by atomic mass is 35.5. The van der Waals surface area contributed by atoms with Crippen LogP contribution in [0.4, 0.5) is 0 Å². The van der Waals surface area contributed by atoms with Crippen LogP contribution in [-0.2, 0) is 0 Å². The van der Waals surface area contributed by atoms with Crippen molar-refractivity contribution in [2.24, 2.45) is 0 Å². The lowest BCUT2D eigenvalue weighted by Crippen LogP contribution is -1.85. The number of hydrogen-bond donors (Lipinski definition) is 0. The molecule has 102 valence electrons. The Kier molecular flexibility index (Phi) is 3.57. The quantitative estimate of drug-likeness (QED) is 0.714. The lowest BCUT2D eigenvalue weighted by atomic mass is 10.1. The van der Waals surface area contributed by atoms with Gasteiger partial charge in [-0.05, 0) is 30.3 Å². The Labute approximate surface area is 129 Å². The molecule has 1 aromatic carbocycles. The number of benzene rings is 1. The molecule has 21 heavy (non-hydrogen) atoms. The van der Waals surface area contributed by atoms with Gasteiger partial charge in [0.1, 0.15) is 5.69 Å². The first-order valence-electron chi connectivity index (χ1n) is 5.82. The Morgan fingerprint density at radius 2 is 1.95 bits per heavy atom. The van der Waals surface area contributed by atoms with Crippen LogP contribution in [0.5, 0.6) is 0 Å². The van der Waals surface area contributed by atoms with Crippen molar-refractivity contribution in [2.45, 2.75) is 0 Å². The lowest BCUT2D eigenvalue weighted by Gasteiger charge is -1.96. The summed E-state index contributed by atoms with van der Waals surface area (Å²) in [5.41, 5.74) is 1.53. The predicted octanol–water partition coefficient (Wildman–Crippen LogP) is 3.98. The van der Waals surface area contributed by atoms with Crippen LogP contribution in [0.3, 0.4) is 0 Å². The van der Waals surface area contributed by atoms with E-state index in [-0.39, 0.29) is 5.89 Å². The zero-order valence-electron chi connectivity index (χ0n) is 10.4. The summed E-state index contributed by atoms with van der Waals surface area (Å²) in [4.78, 5) is 8.36. The Balaban J connectivity index is 2.00. The van der Waals surface area contributed by atoms with Crippen LogP contribution in [0.2, 0.25) is 10.0 Å². The van der Waals surface area contributed by atoms with Crippen LogP contribution in [0.15, 0.2) is 41.1 Å². The van der Waals surface area contributed by atoms with Gasteiger partial charge >= 0.3 is 0 Å². The second-order valence-electron chi connectivity index (χ2n) is 4.13. The molecule has 0 spiro atoms. The first-order chi connectivity index (χ1) is 10.2. The zero-order valence-corrected chi connectivity index (χ0v) is 11.9. The van der Waals surface area contributed by atoms with Gasteiger partial charge in [-0.2, -0.15) is 10.2 Å². The number of aromatic nitrogens is 3. The highest BCUT2D eigenvalue weighted by Crippen LogP contribution is 2.25. The molecule has 0 aliphatic carbocycles. The number of halogens is 2. The molecule has 0 bridgehead atoms. The standard InChI is InChI=1S/C14H6Cl2N4O/c15-10-1-2-12(18-7-10)13-19-14(21-20-13)9-3-8(6-17)4-11(16)5-9/h1-5,7H. The van der Waals surface area contributed by atoms with Crippen LogP contribution in [0.25, 0.3) is 23.0 Å². The van der Waals surface area contributed by atoms with Gasteiger partial charge in [-0.1, -0.05) is 28.4 Å². The van der Waals surface area contributed by atoms with E-state index in [1.165, 1.54) is 6.20 Å². The van der Waals surface area contributed by atoms with Crippen LogP contribution < -0.4 is 0 Å². The third-order valence-electron chi connectivity index (χ3n) is 2.66. The zero-order chi connectivity index (χ0) is 14.8. The number of rotatable bonds is 2. The molecule has 2 aromatic heterocycles. The minimum atomic E-state index is 0.265. The molecule has 3 aromatic rings. The van der Waals surface area contributed by atoms with Gasteiger partial charge in [0, 0.05) is 16.8 Å². The fourth-order valence-corrected chi connectivity index (χ4v) is 2.08. The third kappa shape index (κ3) is 2.87. The normalized spacial score (nSPS) is 10.3. The Hall–Kier alpha value is -2.42. The molecular weight excluding hydrogens is 311 g/mol. The number of nitrogens with zero attached hydrogens (tertiary/aromatic N) is 4. The minimum absolute atomic E-state index is 0.265. The van der Waals surface area contributed by atoms with E-state index < -0.39 is 0 Å². The molecule has 0 atom stereocenters. The van der Waals surface area contributed by atoms with Gasteiger partial charge in [0.15, 0.2) is 0 Å². The van der Waals surface area contributed by atoms with Crippen LogP contribution >= 0.6 is 23.2 Å². The van der Waals surface area contributed by atoms with Crippen molar-refractivity contribution in [1.82, 2.24) is 15.1 Å². The maximum Gasteiger partial charge on any atom is 0.258 e. The van der Waals surface area contributed by atoms with E-state index in [9.17, 15) is 0 Å². The van der Waals surface area contributed by atoms with Crippen LogP contribution in [0, 0.1) is 11.3 Å². The molecule has 0 saturated heterocycles. The van der Waals surface area contributed by atoms with Crippen molar-refractivity contribution in [2.75, 3.05) is 0 Å². The average molecular weight is 317 g/mol. The molecular formula is C14H6Cl2N4O. The van der Waals surface area contributed by atoms with Crippen LogP contribution in [0.1, 0.15) is 5.56 Å². The molecule has 0 saturated carbocycles. The SMILES string of the molecule is N#Cc1cc(Cl)cc(-c2nc(-c3ccc(Cl)cn3)no2)c1. The summed E-state index contributed by atoms with van der Waals surface area (Å²) in [5.74, 6) is 0.598. The highest BCUT2D eigenvalue weighted by molar-refractivity contribution is 6.31. The topological polar surface area (TPSA) is 75.6 Å². The molecule has 3 rings (SSSR count). The summed E-state index contributed by atoms with van der Waals surface area (Å²) in [5, 5.41) is 13.8. The largest absolute Gasteiger partial charge is 0.334 e. The fraction of sp³-hybridized carbons (Fsp3) is 0. The van der Waals surface area contributed by atoms with Crippen molar-refractivity contribution in [3.8, 4) is 29.0 Å². The summed E-state index contributed by atoms with van der Waals surface area (Å²) in [6.07, 6.45) is 1.50. The third-order valence-corrected chi connectivity index (χ3v) is 3.10. The minimum Gasteiger partial charge on any atom is -0.334 e. The Morgan fingerprint density at radius 3 is 2.67 bits per heavy atom. The first-order valence-corrected chi connectivity index (χ1v) is 6.58. The highest BCUT2D eigenvalue weighted by Gasteiger charge is 2.13. The monoisotopic (exact) mass is 316 g/mol. The maximum absolute atomic E-state index is 8.94. The summed E-state index contributed by atoms with van der Waals surface area (Å²) >= 11 is 11.7. The molecule has 0 unspecified atom stereocenters. The van der Waals surface area contributed by atoms with Gasteiger partial charge in [0.25, 0.3) is 5.89 Å². The molecule has 0 radical (unpaired) electrons. The summed E-state index contributed by atoms with van der Waals surface area (Å²) in [6.45, 7) is 0. The summed E-state index contributed by atoms with van der Waals surface area (Å²) in [6, 6.07) is 10.2. The summed E-state index contributed by atoms with van der Waals surface area (Å²) in [7, 11) is 0. The molecule has 5 nitrogen and oxygen atoms in total. The second kappa shape index (κ2) is 5.52. The van der Waals surface area contributed by atoms with E-state index >= 15 is 0 Å². The number of nitriles is 1. The van der Waals surface area contributed by atoms with E-state index in [1.54, 1.807) is 30.3 Å². The van der Waals surface area contributed by atoms with Crippen molar-refractivity contribution >= 4 is 23.2 Å². The van der Waals surface area contributed by atoms with Crippen molar-refractivity contribution in [1.29, 1.82) is 5.26 Å². The maximum atomic E-state index is 8.94. The molecule has 0 fully saturated rings. The number of hydrogen-bond acceptors (Lipinski definition) is 5. The lowest BCUT2D eigenvalue weighted by molar-refractivity contribution is 0.432. The summed E-state index contributed by atoms with van der Waals surface area (Å²) < 4.78 is 5.19. The van der Waals surface area contributed by atoms with Gasteiger partial charge in [0.05, 0.1) is 16.7 Å². The van der Waals surface area contributed by atoms with Gasteiger partial charge in [0.2, 0.25) is 5.82 Å². The van der Waals surface area contributed by atoms with Crippen molar-refractivity contribution in [3.05, 3.63) is 52.1 Å². The Bertz CT molecular complexity index is 837. The van der Waals surface area contributed by atoms with Gasteiger partial charge in [-0.25, -0.2) is 0 Å². The van der Waals surface area contributed by atoms with E-state index in [0.29, 0.717) is 32.7 Å². The van der Waals surface area contributed by atoms with Crippen molar-refractivity contribution < 1.29 is 4.52 Å². The molecule has 2 heterocycles. The van der Waals surface area contributed by atoms with E-state index in [1.807, 2.05) is 6.07 Å². The first kappa shape index (κ1) is 13.6. The molecule has 0 aliphatic rings. The van der Waals surface area contributed by atoms with E-state index in [0.717, 1.165) is 0 Å². The molecule has 7 heteroatoms. The molecule has 0 amide bonds. The van der Waals surface area contributed by atoms with Gasteiger partial charge < -0.3 is 4.52 Å². The second-order valence-corrected chi connectivity index (χ2v) is 5.00.